The van der Waals surface area contributed by atoms with Crippen LogP contribution in [0.2, 0.25) is 0 Å². The van der Waals surface area contributed by atoms with Crippen LogP contribution in [0.3, 0.4) is 0 Å². The topological polar surface area (TPSA) is 46.6 Å². The lowest BCUT2D eigenvalue weighted by Gasteiger charge is -2.12. The Morgan fingerprint density at radius 2 is 1.83 bits per heavy atom. The molecule has 0 saturated carbocycles. The summed E-state index contributed by atoms with van der Waals surface area (Å²) in [7, 11) is 1.57. The van der Waals surface area contributed by atoms with Gasteiger partial charge in [-0.2, -0.15) is 0 Å². The van der Waals surface area contributed by atoms with E-state index < -0.39 is 0 Å². The number of nitrogens with zero attached hydrogens (tertiary/aromatic N) is 1. The highest BCUT2D eigenvalue weighted by Gasteiger charge is 2.36. The van der Waals surface area contributed by atoms with Gasteiger partial charge in [-0.1, -0.05) is 29.8 Å². The molecule has 1 aliphatic rings. The third-order valence-corrected chi connectivity index (χ3v) is 4.33. The van der Waals surface area contributed by atoms with Gasteiger partial charge in [0.1, 0.15) is 5.75 Å². The van der Waals surface area contributed by atoms with E-state index in [1.54, 1.807) is 37.5 Å². The fourth-order valence-electron chi connectivity index (χ4n) is 2.33. The zero-order valence-corrected chi connectivity index (χ0v) is 13.6. The molecule has 5 heteroatoms. The van der Waals surface area contributed by atoms with Crippen molar-refractivity contribution in [1.82, 2.24) is 0 Å². The van der Waals surface area contributed by atoms with Gasteiger partial charge >= 0.3 is 0 Å². The van der Waals surface area contributed by atoms with E-state index >= 15 is 0 Å². The van der Waals surface area contributed by atoms with E-state index in [-0.39, 0.29) is 11.1 Å². The van der Waals surface area contributed by atoms with Gasteiger partial charge in [0.15, 0.2) is 0 Å². The Labute approximate surface area is 138 Å². The summed E-state index contributed by atoms with van der Waals surface area (Å²) >= 11 is 0.955. The standard InChI is InChI=1S/C18H15NO3S/c1-12-4-3-5-13(10-12)11-16-17(20)19(18(21)23-16)14-6-8-15(22-2)9-7-14/h3-11H,1-2H3/b16-11-. The molecule has 0 spiro atoms. The summed E-state index contributed by atoms with van der Waals surface area (Å²) in [6, 6.07) is 14.6. The van der Waals surface area contributed by atoms with E-state index in [4.69, 9.17) is 4.74 Å². The molecule has 0 atom stereocenters. The van der Waals surface area contributed by atoms with Crippen LogP contribution in [0.5, 0.6) is 5.75 Å². The Morgan fingerprint density at radius 1 is 1.09 bits per heavy atom. The summed E-state index contributed by atoms with van der Waals surface area (Å²) in [5.41, 5.74) is 2.55. The lowest BCUT2D eigenvalue weighted by atomic mass is 10.1. The lowest BCUT2D eigenvalue weighted by molar-refractivity contribution is -0.113. The third-order valence-electron chi connectivity index (χ3n) is 3.46. The molecule has 2 aromatic rings. The maximum Gasteiger partial charge on any atom is 0.298 e. The van der Waals surface area contributed by atoms with E-state index in [2.05, 4.69) is 0 Å². The molecule has 0 aromatic heterocycles. The van der Waals surface area contributed by atoms with Gasteiger partial charge in [0, 0.05) is 0 Å². The quantitative estimate of drug-likeness (QED) is 0.792. The second-order valence-corrected chi connectivity index (χ2v) is 6.12. The summed E-state index contributed by atoms with van der Waals surface area (Å²) in [5, 5.41) is -0.293. The van der Waals surface area contributed by atoms with Crippen molar-refractivity contribution in [3.63, 3.8) is 0 Å². The van der Waals surface area contributed by atoms with E-state index in [1.165, 1.54) is 4.90 Å². The molecule has 2 aromatic carbocycles. The second kappa shape index (κ2) is 6.30. The molecular weight excluding hydrogens is 310 g/mol. The summed E-state index contributed by atoms with van der Waals surface area (Å²) in [5.74, 6) is 0.377. The number of hydrogen-bond donors (Lipinski definition) is 0. The number of anilines is 1. The molecule has 0 unspecified atom stereocenters. The normalized spacial score (nSPS) is 16.3. The minimum Gasteiger partial charge on any atom is -0.497 e. The van der Waals surface area contributed by atoms with E-state index in [0.29, 0.717) is 16.3 Å². The highest BCUT2D eigenvalue weighted by atomic mass is 32.2. The molecule has 116 valence electrons. The van der Waals surface area contributed by atoms with Gasteiger partial charge in [-0.3, -0.25) is 9.59 Å². The van der Waals surface area contributed by atoms with Gasteiger partial charge in [-0.15, -0.1) is 0 Å². The SMILES string of the molecule is COc1ccc(N2C(=O)S/C(=C\c3cccc(C)c3)C2=O)cc1. The van der Waals surface area contributed by atoms with Gasteiger partial charge < -0.3 is 4.74 Å². The Kier molecular flexibility index (Phi) is 4.21. The molecule has 0 aliphatic carbocycles. The van der Waals surface area contributed by atoms with Crippen LogP contribution in [0.15, 0.2) is 53.4 Å². The predicted octanol–water partition coefficient (Wildman–Crippen LogP) is 4.24. The number of benzene rings is 2. The number of hydrogen-bond acceptors (Lipinski definition) is 4. The summed E-state index contributed by atoms with van der Waals surface area (Å²) in [6.45, 7) is 1.99. The Balaban J connectivity index is 1.90. The van der Waals surface area contributed by atoms with Gasteiger partial charge in [-0.25, -0.2) is 4.90 Å². The molecule has 0 N–H and O–H groups in total. The highest BCUT2D eigenvalue weighted by molar-refractivity contribution is 8.19. The van der Waals surface area contributed by atoms with E-state index in [0.717, 1.165) is 22.9 Å². The van der Waals surface area contributed by atoms with Crippen LogP contribution in [-0.2, 0) is 4.79 Å². The monoisotopic (exact) mass is 325 g/mol. The molecule has 23 heavy (non-hydrogen) atoms. The van der Waals surface area contributed by atoms with Crippen LogP contribution in [0.1, 0.15) is 11.1 Å². The van der Waals surface area contributed by atoms with Crippen LogP contribution >= 0.6 is 11.8 Å². The van der Waals surface area contributed by atoms with Crippen LogP contribution in [0, 0.1) is 6.92 Å². The number of carbonyl (C=O) groups is 2. The number of carbonyl (C=O) groups excluding carboxylic acids is 2. The first-order valence-corrected chi connectivity index (χ1v) is 7.89. The smallest absolute Gasteiger partial charge is 0.298 e. The lowest BCUT2D eigenvalue weighted by Crippen LogP contribution is -2.27. The average molecular weight is 325 g/mol. The number of rotatable bonds is 3. The van der Waals surface area contributed by atoms with Crippen LogP contribution in [0.25, 0.3) is 6.08 Å². The van der Waals surface area contributed by atoms with E-state index in [9.17, 15) is 9.59 Å². The zero-order valence-electron chi connectivity index (χ0n) is 12.8. The maximum absolute atomic E-state index is 12.5. The maximum atomic E-state index is 12.5. The zero-order chi connectivity index (χ0) is 16.4. The molecule has 1 heterocycles. The number of ether oxygens (including phenoxy) is 1. The molecule has 0 bridgehead atoms. The molecule has 1 fully saturated rings. The van der Waals surface area contributed by atoms with Crippen molar-refractivity contribution >= 4 is 34.7 Å². The minimum atomic E-state index is -0.299. The van der Waals surface area contributed by atoms with Crippen LogP contribution < -0.4 is 9.64 Å². The molecular formula is C18H15NO3S. The number of imide groups is 1. The van der Waals surface area contributed by atoms with E-state index in [1.807, 2.05) is 31.2 Å². The molecule has 1 saturated heterocycles. The summed E-state index contributed by atoms with van der Waals surface area (Å²) < 4.78 is 5.09. The minimum absolute atomic E-state index is 0.293. The van der Waals surface area contributed by atoms with Crippen molar-refractivity contribution in [2.75, 3.05) is 12.0 Å². The number of amides is 2. The van der Waals surface area contributed by atoms with Gasteiger partial charge in [0.2, 0.25) is 0 Å². The Hall–Kier alpha value is -2.53. The van der Waals surface area contributed by atoms with Crippen molar-refractivity contribution in [1.29, 1.82) is 0 Å². The van der Waals surface area contributed by atoms with Crippen molar-refractivity contribution in [3.8, 4) is 5.75 Å². The molecule has 3 rings (SSSR count). The summed E-state index contributed by atoms with van der Waals surface area (Å²) in [4.78, 5) is 26.4. The fraction of sp³-hybridized carbons (Fsp3) is 0.111. The Bertz CT molecular complexity index is 796. The van der Waals surface area contributed by atoms with Crippen molar-refractivity contribution < 1.29 is 14.3 Å². The molecule has 2 amide bonds. The van der Waals surface area contributed by atoms with Crippen LogP contribution in [-0.4, -0.2) is 18.3 Å². The average Bonchev–Trinajstić information content (AvgIpc) is 2.81. The molecule has 1 aliphatic heterocycles. The van der Waals surface area contributed by atoms with Gasteiger partial charge in [0.05, 0.1) is 17.7 Å². The van der Waals surface area contributed by atoms with Gasteiger partial charge in [0.25, 0.3) is 11.1 Å². The number of aryl methyl sites for hydroxylation is 1. The highest BCUT2D eigenvalue weighted by Crippen LogP contribution is 2.36. The third kappa shape index (κ3) is 3.14. The van der Waals surface area contributed by atoms with Crippen molar-refractivity contribution in [2.45, 2.75) is 6.92 Å². The molecule has 4 nitrogen and oxygen atoms in total. The Morgan fingerprint density at radius 3 is 2.48 bits per heavy atom. The fourth-order valence-corrected chi connectivity index (χ4v) is 3.17. The number of thioether (sulfide) groups is 1. The second-order valence-electron chi connectivity index (χ2n) is 5.13. The first kappa shape index (κ1) is 15.4. The first-order chi connectivity index (χ1) is 11.1. The summed E-state index contributed by atoms with van der Waals surface area (Å²) in [6.07, 6.45) is 1.75. The van der Waals surface area contributed by atoms with Crippen molar-refractivity contribution in [2.24, 2.45) is 0 Å². The number of methoxy groups -OCH3 is 1. The predicted molar refractivity (Wildman–Crippen MR) is 92.6 cm³/mol. The van der Waals surface area contributed by atoms with Crippen molar-refractivity contribution in [3.05, 3.63) is 64.6 Å². The first-order valence-electron chi connectivity index (χ1n) is 7.07. The largest absolute Gasteiger partial charge is 0.497 e. The molecule has 0 radical (unpaired) electrons. The van der Waals surface area contributed by atoms with Gasteiger partial charge in [-0.05, 0) is 54.6 Å². The van der Waals surface area contributed by atoms with Crippen LogP contribution in [0.4, 0.5) is 10.5 Å².